The van der Waals surface area contributed by atoms with Gasteiger partial charge in [0.25, 0.3) is 5.91 Å². The predicted octanol–water partition coefficient (Wildman–Crippen LogP) is 2.30. The van der Waals surface area contributed by atoms with Crippen molar-refractivity contribution in [3.63, 3.8) is 0 Å². The van der Waals surface area contributed by atoms with Gasteiger partial charge in [0.15, 0.2) is 0 Å². The quantitative estimate of drug-likeness (QED) is 0.913. The summed E-state index contributed by atoms with van der Waals surface area (Å²) in [6.07, 6.45) is -0.499. The number of carbonyl (C=O) groups is 2. The van der Waals surface area contributed by atoms with Crippen LogP contribution < -0.4 is 15.4 Å². The second kappa shape index (κ2) is 6.30. The average Bonchev–Trinajstić information content (AvgIpc) is 2.55. The number of hydrogen-bond donors (Lipinski definition) is 2. The van der Waals surface area contributed by atoms with Crippen molar-refractivity contribution in [2.45, 2.75) is 5.92 Å². The van der Waals surface area contributed by atoms with Crippen molar-refractivity contribution in [1.29, 1.82) is 0 Å². The van der Waals surface area contributed by atoms with Gasteiger partial charge >= 0.3 is 6.09 Å². The Morgan fingerprint density at radius 1 is 1.14 bits per heavy atom. The highest BCUT2D eigenvalue weighted by molar-refractivity contribution is 5.97. The van der Waals surface area contributed by atoms with Crippen LogP contribution >= 0.6 is 0 Å². The molecule has 2 aromatic carbocycles. The van der Waals surface area contributed by atoms with E-state index in [9.17, 15) is 9.59 Å². The van der Waals surface area contributed by atoms with Gasteiger partial charge in [-0.05, 0) is 23.8 Å². The van der Waals surface area contributed by atoms with Gasteiger partial charge in [-0.25, -0.2) is 4.79 Å². The standard InChI is InChI=1S/C17H16N2O3/c20-16-15-9-5-4-8-14(15)12(10-18-16)11-19-17(21)22-13-6-2-1-3-7-13/h1-9,12H,10-11H2,(H,18,20)(H,19,21). The molecule has 2 N–H and O–H groups in total. The molecule has 1 heterocycles. The van der Waals surface area contributed by atoms with Crippen LogP contribution in [0.3, 0.4) is 0 Å². The summed E-state index contributed by atoms with van der Waals surface area (Å²) in [5, 5.41) is 5.57. The second-order valence-corrected chi connectivity index (χ2v) is 5.08. The summed E-state index contributed by atoms with van der Waals surface area (Å²) in [6, 6.07) is 16.3. The fourth-order valence-electron chi connectivity index (χ4n) is 2.50. The minimum absolute atomic E-state index is 0.0391. The first kappa shape index (κ1) is 14.1. The highest BCUT2D eigenvalue weighted by atomic mass is 16.6. The Kier molecular flexibility index (Phi) is 4.05. The molecule has 2 amide bonds. The van der Waals surface area contributed by atoms with Crippen LogP contribution in [0.1, 0.15) is 21.8 Å². The van der Waals surface area contributed by atoms with E-state index in [0.29, 0.717) is 24.4 Å². The minimum Gasteiger partial charge on any atom is -0.410 e. The van der Waals surface area contributed by atoms with E-state index in [1.807, 2.05) is 24.3 Å². The number of nitrogens with one attached hydrogen (secondary N) is 2. The Morgan fingerprint density at radius 3 is 2.68 bits per heavy atom. The summed E-state index contributed by atoms with van der Waals surface area (Å²) in [4.78, 5) is 23.6. The average molecular weight is 296 g/mol. The number of fused-ring (bicyclic) bond motifs is 1. The Labute approximate surface area is 128 Å². The van der Waals surface area contributed by atoms with E-state index in [1.54, 1.807) is 30.3 Å². The number of ether oxygens (including phenoxy) is 1. The summed E-state index contributed by atoms with van der Waals surface area (Å²) in [6.45, 7) is 0.907. The normalized spacial score (nSPS) is 16.4. The van der Waals surface area contributed by atoms with E-state index in [0.717, 1.165) is 5.56 Å². The molecule has 0 spiro atoms. The van der Waals surface area contributed by atoms with Gasteiger partial charge in [0.05, 0.1) is 0 Å². The lowest BCUT2D eigenvalue weighted by Crippen LogP contribution is -2.40. The predicted molar refractivity (Wildman–Crippen MR) is 82.0 cm³/mol. The van der Waals surface area contributed by atoms with Gasteiger partial charge < -0.3 is 15.4 Å². The lowest BCUT2D eigenvalue weighted by Gasteiger charge is -2.25. The van der Waals surface area contributed by atoms with E-state index in [2.05, 4.69) is 10.6 Å². The van der Waals surface area contributed by atoms with Gasteiger partial charge in [0.2, 0.25) is 0 Å². The molecule has 0 saturated heterocycles. The summed E-state index contributed by atoms with van der Waals surface area (Å²) in [7, 11) is 0. The number of amides is 2. The first-order chi connectivity index (χ1) is 10.7. The molecule has 3 rings (SSSR count). The number of benzene rings is 2. The molecule has 0 aromatic heterocycles. The van der Waals surface area contributed by atoms with Crippen molar-refractivity contribution >= 4 is 12.0 Å². The maximum atomic E-state index is 11.8. The van der Waals surface area contributed by atoms with E-state index in [4.69, 9.17) is 4.74 Å². The number of rotatable bonds is 3. The van der Waals surface area contributed by atoms with Crippen LogP contribution in [0.15, 0.2) is 54.6 Å². The van der Waals surface area contributed by atoms with Gasteiger partial charge in [0.1, 0.15) is 5.75 Å². The van der Waals surface area contributed by atoms with Crippen molar-refractivity contribution in [2.75, 3.05) is 13.1 Å². The van der Waals surface area contributed by atoms with E-state index < -0.39 is 6.09 Å². The van der Waals surface area contributed by atoms with Crippen LogP contribution in [0.2, 0.25) is 0 Å². The van der Waals surface area contributed by atoms with Crippen molar-refractivity contribution < 1.29 is 14.3 Å². The van der Waals surface area contributed by atoms with Gasteiger partial charge in [-0.2, -0.15) is 0 Å². The van der Waals surface area contributed by atoms with Crippen LogP contribution in [0.5, 0.6) is 5.75 Å². The zero-order valence-electron chi connectivity index (χ0n) is 11.9. The largest absolute Gasteiger partial charge is 0.412 e. The molecule has 1 aliphatic heterocycles. The van der Waals surface area contributed by atoms with Crippen LogP contribution in [0, 0.1) is 0 Å². The SMILES string of the molecule is O=C(NCC1CNC(=O)c2ccccc21)Oc1ccccc1. The van der Waals surface area contributed by atoms with Crippen LogP contribution in [-0.4, -0.2) is 25.1 Å². The fraction of sp³-hybridized carbons (Fsp3) is 0.176. The Bertz CT molecular complexity index is 685. The van der Waals surface area contributed by atoms with Gasteiger partial charge in [0, 0.05) is 24.6 Å². The lowest BCUT2D eigenvalue weighted by molar-refractivity contribution is 0.0940. The maximum Gasteiger partial charge on any atom is 0.412 e. The fourth-order valence-corrected chi connectivity index (χ4v) is 2.50. The molecule has 2 aromatic rings. The number of para-hydroxylation sites is 1. The molecule has 0 saturated carbocycles. The third-order valence-corrected chi connectivity index (χ3v) is 3.60. The molecular formula is C17H16N2O3. The molecule has 0 radical (unpaired) electrons. The molecule has 0 bridgehead atoms. The molecule has 5 nitrogen and oxygen atoms in total. The summed E-state index contributed by atoms with van der Waals surface area (Å²) < 4.78 is 5.18. The smallest absolute Gasteiger partial charge is 0.410 e. The molecule has 5 heteroatoms. The first-order valence-electron chi connectivity index (χ1n) is 7.12. The Morgan fingerprint density at radius 2 is 1.86 bits per heavy atom. The first-order valence-corrected chi connectivity index (χ1v) is 7.12. The highest BCUT2D eigenvalue weighted by Crippen LogP contribution is 2.23. The molecule has 1 aliphatic rings. The highest BCUT2D eigenvalue weighted by Gasteiger charge is 2.25. The number of carbonyl (C=O) groups excluding carboxylic acids is 2. The topological polar surface area (TPSA) is 67.4 Å². The molecular weight excluding hydrogens is 280 g/mol. The molecule has 0 fully saturated rings. The monoisotopic (exact) mass is 296 g/mol. The third kappa shape index (κ3) is 3.09. The maximum absolute atomic E-state index is 11.8. The number of hydrogen-bond acceptors (Lipinski definition) is 3. The van der Waals surface area contributed by atoms with Crippen LogP contribution in [0.25, 0.3) is 0 Å². The summed E-state index contributed by atoms with van der Waals surface area (Å²) >= 11 is 0. The van der Waals surface area contributed by atoms with Gasteiger partial charge in [-0.3, -0.25) is 4.79 Å². The van der Waals surface area contributed by atoms with E-state index >= 15 is 0 Å². The zero-order chi connectivity index (χ0) is 15.4. The molecule has 1 atom stereocenters. The van der Waals surface area contributed by atoms with Crippen molar-refractivity contribution in [1.82, 2.24) is 10.6 Å². The van der Waals surface area contributed by atoms with Gasteiger partial charge in [-0.1, -0.05) is 36.4 Å². The van der Waals surface area contributed by atoms with Crippen molar-refractivity contribution in [2.24, 2.45) is 0 Å². The molecule has 22 heavy (non-hydrogen) atoms. The molecule has 1 unspecified atom stereocenters. The minimum atomic E-state index is -0.499. The summed E-state index contributed by atoms with van der Waals surface area (Å²) in [5.74, 6) is 0.466. The van der Waals surface area contributed by atoms with Crippen LogP contribution in [-0.2, 0) is 0 Å². The molecule has 112 valence electrons. The molecule has 0 aliphatic carbocycles. The van der Waals surface area contributed by atoms with E-state index in [-0.39, 0.29) is 11.8 Å². The lowest BCUT2D eigenvalue weighted by atomic mass is 9.90. The zero-order valence-corrected chi connectivity index (χ0v) is 11.9. The Balaban J connectivity index is 1.61. The Hall–Kier alpha value is -2.82. The summed E-state index contributed by atoms with van der Waals surface area (Å²) in [5.41, 5.74) is 1.61. The van der Waals surface area contributed by atoms with Crippen LogP contribution in [0.4, 0.5) is 4.79 Å². The second-order valence-electron chi connectivity index (χ2n) is 5.08. The third-order valence-electron chi connectivity index (χ3n) is 3.60. The van der Waals surface area contributed by atoms with Gasteiger partial charge in [-0.15, -0.1) is 0 Å². The van der Waals surface area contributed by atoms with E-state index in [1.165, 1.54) is 0 Å². The van der Waals surface area contributed by atoms with Crippen molar-refractivity contribution in [3.8, 4) is 5.75 Å². The van der Waals surface area contributed by atoms with Crippen molar-refractivity contribution in [3.05, 3.63) is 65.7 Å².